The maximum absolute atomic E-state index is 11.9. The minimum atomic E-state index is 0.115. The number of carbonyl (C=O) groups is 1. The molecule has 1 fully saturated rings. The minimum absolute atomic E-state index is 0.115. The number of rotatable bonds is 3. The third-order valence-corrected chi connectivity index (χ3v) is 3.82. The fraction of sp³-hybridized carbons (Fsp3) is 0.600. The van der Waals surface area contributed by atoms with Gasteiger partial charge in [0, 0.05) is 51.7 Å². The van der Waals surface area contributed by atoms with Gasteiger partial charge in [0.15, 0.2) is 0 Å². The lowest BCUT2D eigenvalue weighted by atomic mass is 10.0. The Kier molecular flexibility index (Phi) is 4.95. The molecule has 0 unspecified atom stereocenters. The largest absolute Gasteiger partial charge is 0.331 e. The fourth-order valence-corrected chi connectivity index (χ4v) is 2.60. The van der Waals surface area contributed by atoms with Gasteiger partial charge in [-0.3, -0.25) is 4.98 Å². The standard InChI is InChI=1S/C15H24N4O/c1-12(13-5-4-8-16-11-13)17-14-6-9-19(10-7-14)15(20)18(2)3/h4-5,8,11-12,14,17H,6-7,9-10H2,1-3H3/t12-/m1/s1. The van der Waals surface area contributed by atoms with Crippen LogP contribution in [0.3, 0.4) is 0 Å². The topological polar surface area (TPSA) is 48.5 Å². The molecule has 1 aliphatic heterocycles. The second-order valence-electron chi connectivity index (χ2n) is 5.61. The first kappa shape index (κ1) is 14.8. The highest BCUT2D eigenvalue weighted by Crippen LogP contribution is 2.17. The monoisotopic (exact) mass is 276 g/mol. The van der Waals surface area contributed by atoms with Crippen LogP contribution in [0, 0.1) is 0 Å². The summed E-state index contributed by atoms with van der Waals surface area (Å²) in [5, 5.41) is 3.63. The van der Waals surface area contributed by atoms with Gasteiger partial charge in [0.05, 0.1) is 0 Å². The predicted molar refractivity (Wildman–Crippen MR) is 79.5 cm³/mol. The maximum atomic E-state index is 11.9. The zero-order chi connectivity index (χ0) is 14.5. The van der Waals surface area contributed by atoms with Crippen molar-refractivity contribution < 1.29 is 4.79 Å². The van der Waals surface area contributed by atoms with Gasteiger partial charge in [0.25, 0.3) is 0 Å². The van der Waals surface area contributed by atoms with Crippen molar-refractivity contribution in [3.05, 3.63) is 30.1 Å². The number of piperidine rings is 1. The van der Waals surface area contributed by atoms with Crippen molar-refractivity contribution in [2.24, 2.45) is 0 Å². The van der Waals surface area contributed by atoms with E-state index in [2.05, 4.69) is 23.3 Å². The van der Waals surface area contributed by atoms with E-state index >= 15 is 0 Å². The lowest BCUT2D eigenvalue weighted by molar-refractivity contribution is 0.151. The number of amides is 2. The minimum Gasteiger partial charge on any atom is -0.331 e. The molecule has 1 saturated heterocycles. The summed E-state index contributed by atoms with van der Waals surface area (Å²) < 4.78 is 0. The van der Waals surface area contributed by atoms with Gasteiger partial charge >= 0.3 is 6.03 Å². The van der Waals surface area contributed by atoms with Gasteiger partial charge in [-0.15, -0.1) is 0 Å². The van der Waals surface area contributed by atoms with Crippen molar-refractivity contribution in [2.45, 2.75) is 31.8 Å². The summed E-state index contributed by atoms with van der Waals surface area (Å²) in [5.41, 5.74) is 1.21. The maximum Gasteiger partial charge on any atom is 0.319 e. The molecule has 5 nitrogen and oxygen atoms in total. The zero-order valence-corrected chi connectivity index (χ0v) is 12.5. The number of nitrogens with zero attached hydrogens (tertiary/aromatic N) is 3. The predicted octanol–water partition coefficient (Wildman–Crippen LogP) is 1.88. The summed E-state index contributed by atoms with van der Waals surface area (Å²) in [7, 11) is 3.61. The van der Waals surface area contributed by atoms with E-state index in [4.69, 9.17) is 0 Å². The summed E-state index contributed by atoms with van der Waals surface area (Å²) in [5.74, 6) is 0. The van der Waals surface area contributed by atoms with Crippen LogP contribution in [0.1, 0.15) is 31.4 Å². The van der Waals surface area contributed by atoms with Gasteiger partial charge in [-0.25, -0.2) is 4.79 Å². The number of pyridine rings is 1. The summed E-state index contributed by atoms with van der Waals surface area (Å²) in [6.45, 7) is 3.82. The van der Waals surface area contributed by atoms with E-state index in [0.717, 1.165) is 25.9 Å². The van der Waals surface area contributed by atoms with Crippen molar-refractivity contribution in [1.82, 2.24) is 20.1 Å². The van der Waals surface area contributed by atoms with Crippen LogP contribution in [-0.2, 0) is 0 Å². The van der Waals surface area contributed by atoms with Crippen molar-refractivity contribution in [1.29, 1.82) is 0 Å². The Morgan fingerprint density at radius 2 is 2.15 bits per heavy atom. The molecular formula is C15H24N4O. The molecule has 20 heavy (non-hydrogen) atoms. The number of likely N-dealkylation sites (tertiary alicyclic amines) is 1. The highest BCUT2D eigenvalue weighted by Gasteiger charge is 2.24. The normalized spacial score (nSPS) is 17.9. The smallest absolute Gasteiger partial charge is 0.319 e. The van der Waals surface area contributed by atoms with Crippen LogP contribution in [0.25, 0.3) is 0 Å². The highest BCUT2D eigenvalue weighted by atomic mass is 16.2. The van der Waals surface area contributed by atoms with Crippen molar-refractivity contribution in [3.63, 3.8) is 0 Å². The van der Waals surface area contributed by atoms with Crippen LogP contribution >= 0.6 is 0 Å². The van der Waals surface area contributed by atoms with E-state index < -0.39 is 0 Å². The molecule has 1 atom stereocenters. The molecule has 110 valence electrons. The lowest BCUT2D eigenvalue weighted by Crippen LogP contribution is -2.48. The molecule has 0 spiro atoms. The lowest BCUT2D eigenvalue weighted by Gasteiger charge is -2.35. The van der Waals surface area contributed by atoms with E-state index in [9.17, 15) is 4.79 Å². The number of hydrogen-bond acceptors (Lipinski definition) is 3. The second-order valence-corrected chi connectivity index (χ2v) is 5.61. The van der Waals surface area contributed by atoms with Gasteiger partial charge in [0.1, 0.15) is 0 Å². The highest BCUT2D eigenvalue weighted by molar-refractivity contribution is 5.73. The molecule has 0 radical (unpaired) electrons. The van der Waals surface area contributed by atoms with E-state index in [1.807, 2.05) is 17.2 Å². The van der Waals surface area contributed by atoms with Gasteiger partial charge in [-0.1, -0.05) is 6.07 Å². The van der Waals surface area contributed by atoms with Crippen molar-refractivity contribution >= 4 is 6.03 Å². The third kappa shape index (κ3) is 3.70. The number of urea groups is 1. The summed E-state index contributed by atoms with van der Waals surface area (Å²) in [6.07, 6.45) is 5.71. The van der Waals surface area contributed by atoms with Gasteiger partial charge in [-0.05, 0) is 31.4 Å². The molecule has 0 aromatic carbocycles. The molecule has 2 amide bonds. The van der Waals surface area contributed by atoms with Crippen molar-refractivity contribution in [2.75, 3.05) is 27.2 Å². The van der Waals surface area contributed by atoms with Gasteiger partial charge < -0.3 is 15.1 Å². The van der Waals surface area contributed by atoms with Crippen LogP contribution in [0.5, 0.6) is 0 Å². The molecule has 0 bridgehead atoms. The van der Waals surface area contributed by atoms with E-state index in [1.165, 1.54) is 5.56 Å². The Balaban J connectivity index is 1.81. The quantitative estimate of drug-likeness (QED) is 0.917. The number of nitrogens with one attached hydrogen (secondary N) is 1. The molecule has 1 aliphatic rings. The molecule has 1 aromatic heterocycles. The average molecular weight is 276 g/mol. The fourth-order valence-electron chi connectivity index (χ4n) is 2.60. The number of hydrogen-bond donors (Lipinski definition) is 1. The first-order chi connectivity index (χ1) is 9.58. The van der Waals surface area contributed by atoms with Crippen molar-refractivity contribution in [3.8, 4) is 0 Å². The SMILES string of the molecule is C[C@@H](NC1CCN(C(=O)N(C)C)CC1)c1cccnc1. The molecule has 5 heteroatoms. The molecule has 2 heterocycles. The molecule has 1 aromatic rings. The number of aromatic nitrogens is 1. The molecule has 0 saturated carbocycles. The first-order valence-electron chi connectivity index (χ1n) is 7.20. The molecule has 1 N–H and O–H groups in total. The Morgan fingerprint density at radius 3 is 2.70 bits per heavy atom. The average Bonchev–Trinajstić information content (AvgIpc) is 2.48. The van der Waals surface area contributed by atoms with Crippen LogP contribution < -0.4 is 5.32 Å². The molecular weight excluding hydrogens is 252 g/mol. The zero-order valence-electron chi connectivity index (χ0n) is 12.5. The van der Waals surface area contributed by atoms with Crippen LogP contribution in [0.15, 0.2) is 24.5 Å². The number of carbonyl (C=O) groups excluding carboxylic acids is 1. The van der Waals surface area contributed by atoms with Gasteiger partial charge in [0.2, 0.25) is 0 Å². The van der Waals surface area contributed by atoms with E-state index in [-0.39, 0.29) is 6.03 Å². The van der Waals surface area contributed by atoms with Gasteiger partial charge in [-0.2, -0.15) is 0 Å². The Hall–Kier alpha value is -1.62. The molecule has 0 aliphatic carbocycles. The summed E-state index contributed by atoms with van der Waals surface area (Å²) in [6, 6.07) is 4.94. The first-order valence-corrected chi connectivity index (χ1v) is 7.20. The Bertz CT molecular complexity index is 427. The van der Waals surface area contributed by atoms with Crippen LogP contribution in [0.2, 0.25) is 0 Å². The second kappa shape index (κ2) is 6.70. The molecule has 2 rings (SSSR count). The van der Waals surface area contributed by atoms with E-state index in [1.54, 1.807) is 25.2 Å². The van der Waals surface area contributed by atoms with Crippen LogP contribution in [0.4, 0.5) is 4.79 Å². The third-order valence-electron chi connectivity index (χ3n) is 3.82. The van der Waals surface area contributed by atoms with E-state index in [0.29, 0.717) is 12.1 Å². The Labute approximate surface area is 121 Å². The van der Waals surface area contributed by atoms with Crippen LogP contribution in [-0.4, -0.2) is 54.0 Å². The summed E-state index contributed by atoms with van der Waals surface area (Å²) in [4.78, 5) is 19.6. The Morgan fingerprint density at radius 1 is 1.45 bits per heavy atom. The summed E-state index contributed by atoms with van der Waals surface area (Å²) >= 11 is 0.